The normalized spacial score (nSPS) is 20.8. The Morgan fingerprint density at radius 2 is 1.56 bits per heavy atom. The van der Waals surface area contributed by atoms with Gasteiger partial charge in [0.2, 0.25) is 5.91 Å². The molecule has 1 fully saturated rings. The summed E-state index contributed by atoms with van der Waals surface area (Å²) in [5.74, 6) is -0.956. The quantitative estimate of drug-likeness (QED) is 0.782. The van der Waals surface area contributed by atoms with Crippen molar-refractivity contribution >= 4 is 18.0 Å². The maximum absolute atomic E-state index is 12.6. The van der Waals surface area contributed by atoms with Crippen molar-refractivity contribution in [3.63, 3.8) is 0 Å². The van der Waals surface area contributed by atoms with Gasteiger partial charge in [-0.05, 0) is 54.4 Å². The molecule has 1 saturated carbocycles. The summed E-state index contributed by atoms with van der Waals surface area (Å²) in [6.07, 6.45) is 1.72. The fourth-order valence-electron chi connectivity index (χ4n) is 2.82. The largest absolute Gasteiger partial charge is 0.459 e. The molecule has 7 heteroatoms. The molecule has 0 aromatic carbocycles. The van der Waals surface area contributed by atoms with Crippen LogP contribution in [0.25, 0.3) is 0 Å². The summed E-state index contributed by atoms with van der Waals surface area (Å²) in [5, 5.41) is 2.79. The number of esters is 1. The molecule has 1 rings (SSSR count). The molecule has 1 aliphatic carbocycles. The van der Waals surface area contributed by atoms with Gasteiger partial charge >= 0.3 is 12.1 Å². The van der Waals surface area contributed by atoms with Crippen LogP contribution in [0.2, 0.25) is 0 Å². The molecule has 2 amide bonds. The molecule has 0 spiro atoms. The second-order valence-corrected chi connectivity index (χ2v) is 8.57. The molecular weight excluding hydrogens is 324 g/mol. The second kappa shape index (κ2) is 8.06. The summed E-state index contributed by atoms with van der Waals surface area (Å²) >= 11 is 0. The number of nitrogens with one attached hydrogen (secondary N) is 1. The first kappa shape index (κ1) is 21.3. The topological polar surface area (TPSA) is 84.9 Å². The van der Waals surface area contributed by atoms with Crippen molar-refractivity contribution < 1.29 is 23.9 Å². The highest BCUT2D eigenvalue weighted by Crippen LogP contribution is 2.27. The lowest BCUT2D eigenvalue weighted by Gasteiger charge is -2.27. The van der Waals surface area contributed by atoms with Crippen molar-refractivity contribution in [2.75, 3.05) is 13.6 Å². The number of ether oxygens (including phenoxy) is 2. The summed E-state index contributed by atoms with van der Waals surface area (Å²) in [4.78, 5) is 37.9. The lowest BCUT2D eigenvalue weighted by molar-refractivity contribution is -0.159. The standard InChI is InChI=1S/C18H32N2O5/c1-17(2,3)24-14(21)11-20(7)15(22)12-9-8-10-13(12)19-16(23)25-18(4,5)6/h12-13H,8-11H2,1-7H3,(H,19,23)/t12-,13-/m0/s1. The van der Waals surface area contributed by atoms with E-state index in [1.807, 2.05) is 0 Å². The maximum atomic E-state index is 12.6. The minimum Gasteiger partial charge on any atom is -0.459 e. The molecule has 0 aliphatic heterocycles. The van der Waals surface area contributed by atoms with Gasteiger partial charge in [-0.25, -0.2) is 4.79 Å². The van der Waals surface area contributed by atoms with Crippen LogP contribution >= 0.6 is 0 Å². The first-order valence-electron chi connectivity index (χ1n) is 8.75. The second-order valence-electron chi connectivity index (χ2n) is 8.57. The Kier molecular flexibility index (Phi) is 6.85. The summed E-state index contributed by atoms with van der Waals surface area (Å²) in [7, 11) is 1.58. The molecule has 0 aromatic heterocycles. The zero-order valence-electron chi connectivity index (χ0n) is 16.5. The van der Waals surface area contributed by atoms with E-state index < -0.39 is 23.3 Å². The van der Waals surface area contributed by atoms with E-state index in [1.165, 1.54) is 4.90 Å². The third-order valence-electron chi connectivity index (χ3n) is 3.70. The first-order valence-corrected chi connectivity index (χ1v) is 8.75. The molecule has 0 saturated heterocycles. The SMILES string of the molecule is CN(CC(=O)OC(C)(C)C)C(=O)[C@H]1CCC[C@@H]1NC(=O)OC(C)(C)C. The van der Waals surface area contributed by atoms with E-state index >= 15 is 0 Å². The van der Waals surface area contributed by atoms with Crippen LogP contribution in [-0.4, -0.2) is 53.7 Å². The van der Waals surface area contributed by atoms with E-state index in [4.69, 9.17) is 9.47 Å². The number of likely N-dealkylation sites (N-methyl/N-ethyl adjacent to an activating group) is 1. The van der Waals surface area contributed by atoms with E-state index in [2.05, 4.69) is 5.32 Å². The number of carbonyl (C=O) groups excluding carboxylic acids is 3. The molecule has 2 atom stereocenters. The smallest absolute Gasteiger partial charge is 0.407 e. The summed E-state index contributed by atoms with van der Waals surface area (Å²) in [5.41, 5.74) is -1.18. The van der Waals surface area contributed by atoms with Crippen molar-refractivity contribution in [2.45, 2.75) is 78.0 Å². The van der Waals surface area contributed by atoms with Crippen LogP contribution in [0, 0.1) is 5.92 Å². The molecule has 0 heterocycles. The number of rotatable bonds is 4. The summed E-state index contributed by atoms with van der Waals surface area (Å²) in [6, 6.07) is -0.275. The fraction of sp³-hybridized carbons (Fsp3) is 0.833. The number of hydrogen-bond acceptors (Lipinski definition) is 5. The summed E-state index contributed by atoms with van der Waals surface area (Å²) in [6.45, 7) is 10.6. The van der Waals surface area contributed by atoms with Crippen LogP contribution in [0.5, 0.6) is 0 Å². The minimum absolute atomic E-state index is 0.105. The Labute approximate surface area is 150 Å². The molecule has 0 unspecified atom stereocenters. The fourth-order valence-corrected chi connectivity index (χ4v) is 2.82. The van der Waals surface area contributed by atoms with E-state index in [9.17, 15) is 14.4 Å². The Hall–Kier alpha value is -1.79. The predicted octanol–water partition coefficient (Wildman–Crippen LogP) is 2.48. The van der Waals surface area contributed by atoms with Gasteiger partial charge in [0.25, 0.3) is 0 Å². The van der Waals surface area contributed by atoms with Crippen LogP contribution in [-0.2, 0) is 19.1 Å². The van der Waals surface area contributed by atoms with E-state index in [1.54, 1.807) is 48.6 Å². The summed E-state index contributed by atoms with van der Waals surface area (Å²) < 4.78 is 10.5. The maximum Gasteiger partial charge on any atom is 0.407 e. The monoisotopic (exact) mass is 356 g/mol. The average molecular weight is 356 g/mol. The van der Waals surface area contributed by atoms with Gasteiger partial charge in [0.15, 0.2) is 0 Å². The molecule has 0 aromatic rings. The van der Waals surface area contributed by atoms with E-state index in [-0.39, 0.29) is 24.4 Å². The van der Waals surface area contributed by atoms with Crippen molar-refractivity contribution in [2.24, 2.45) is 5.92 Å². The van der Waals surface area contributed by atoms with Crippen LogP contribution in [0.1, 0.15) is 60.8 Å². The molecule has 0 bridgehead atoms. The molecular formula is C18H32N2O5. The van der Waals surface area contributed by atoms with E-state index in [0.29, 0.717) is 6.42 Å². The average Bonchev–Trinajstić information content (AvgIpc) is 2.80. The molecule has 144 valence electrons. The van der Waals surface area contributed by atoms with Gasteiger partial charge in [0.1, 0.15) is 17.7 Å². The number of alkyl carbamates (subject to hydrolysis) is 1. The molecule has 7 nitrogen and oxygen atoms in total. The highest BCUT2D eigenvalue weighted by atomic mass is 16.6. The van der Waals surface area contributed by atoms with Gasteiger partial charge in [0.05, 0.1) is 5.92 Å². The molecule has 1 N–H and O–H groups in total. The number of amides is 2. The van der Waals surface area contributed by atoms with Gasteiger partial charge in [-0.15, -0.1) is 0 Å². The Morgan fingerprint density at radius 3 is 2.08 bits per heavy atom. The van der Waals surface area contributed by atoms with Gasteiger partial charge in [0, 0.05) is 13.1 Å². The van der Waals surface area contributed by atoms with E-state index in [0.717, 1.165) is 12.8 Å². The predicted molar refractivity (Wildman–Crippen MR) is 94.0 cm³/mol. The van der Waals surface area contributed by atoms with Crippen molar-refractivity contribution in [1.29, 1.82) is 0 Å². The lowest BCUT2D eigenvalue weighted by atomic mass is 10.0. The van der Waals surface area contributed by atoms with Crippen molar-refractivity contribution in [3.05, 3.63) is 0 Å². The lowest BCUT2D eigenvalue weighted by Crippen LogP contribution is -2.47. The zero-order valence-corrected chi connectivity index (χ0v) is 16.5. The van der Waals surface area contributed by atoms with Gasteiger partial charge in [-0.1, -0.05) is 6.42 Å². The van der Waals surface area contributed by atoms with Crippen LogP contribution in [0.15, 0.2) is 0 Å². The Morgan fingerprint density at radius 1 is 1.00 bits per heavy atom. The zero-order chi connectivity index (χ0) is 19.4. The van der Waals surface area contributed by atoms with Crippen molar-refractivity contribution in [3.8, 4) is 0 Å². The number of carbonyl (C=O) groups is 3. The number of hydrogen-bond donors (Lipinski definition) is 1. The third-order valence-corrected chi connectivity index (χ3v) is 3.70. The van der Waals surface area contributed by atoms with Crippen LogP contribution in [0.4, 0.5) is 4.79 Å². The Bertz CT molecular complexity index is 505. The molecule has 1 aliphatic rings. The van der Waals surface area contributed by atoms with Crippen LogP contribution < -0.4 is 5.32 Å². The van der Waals surface area contributed by atoms with Gasteiger partial charge in [-0.3, -0.25) is 9.59 Å². The first-order chi connectivity index (χ1) is 11.3. The highest BCUT2D eigenvalue weighted by molar-refractivity contribution is 5.84. The molecule has 25 heavy (non-hydrogen) atoms. The van der Waals surface area contributed by atoms with Gasteiger partial charge < -0.3 is 19.7 Å². The van der Waals surface area contributed by atoms with Gasteiger partial charge in [-0.2, -0.15) is 0 Å². The third kappa shape index (κ3) is 7.75. The Balaban J connectivity index is 2.60. The molecule has 0 radical (unpaired) electrons. The highest BCUT2D eigenvalue weighted by Gasteiger charge is 2.37. The number of nitrogens with zero attached hydrogens (tertiary/aromatic N) is 1. The van der Waals surface area contributed by atoms with Crippen LogP contribution in [0.3, 0.4) is 0 Å². The van der Waals surface area contributed by atoms with Crippen molar-refractivity contribution in [1.82, 2.24) is 10.2 Å². The minimum atomic E-state index is -0.588.